The summed E-state index contributed by atoms with van der Waals surface area (Å²) in [4.78, 5) is 13.9. The van der Waals surface area contributed by atoms with E-state index >= 15 is 0 Å². The van der Waals surface area contributed by atoms with Crippen LogP contribution in [-0.2, 0) is 13.1 Å². The highest BCUT2D eigenvalue weighted by Crippen LogP contribution is 2.21. The second-order valence-electron chi connectivity index (χ2n) is 5.71. The lowest BCUT2D eigenvalue weighted by molar-refractivity contribution is -0.910. The smallest absolute Gasteiger partial charge is 0.253 e. The van der Waals surface area contributed by atoms with E-state index in [1.165, 1.54) is 10.5 Å². The number of benzene rings is 2. The van der Waals surface area contributed by atoms with E-state index < -0.39 is 0 Å². The molecular weight excluding hydrogens is 388 g/mol. The molecule has 2 N–H and O–H groups in total. The number of quaternary nitrogens is 1. The van der Waals surface area contributed by atoms with Crippen LogP contribution in [0.25, 0.3) is 0 Å². The van der Waals surface area contributed by atoms with Crippen molar-refractivity contribution in [2.75, 3.05) is 13.1 Å². The molecule has 0 saturated heterocycles. The third kappa shape index (κ3) is 5.07. The predicted molar refractivity (Wildman–Crippen MR) is 103 cm³/mol. The van der Waals surface area contributed by atoms with Crippen LogP contribution >= 0.6 is 27.5 Å². The molecule has 0 radical (unpaired) electrons. The predicted octanol–water partition coefficient (Wildman–Crippen LogP) is 3.46. The lowest BCUT2D eigenvalue weighted by Gasteiger charge is -2.18. The molecule has 24 heavy (non-hydrogen) atoms. The summed E-state index contributed by atoms with van der Waals surface area (Å²) in [5.74, 6) is -0.161. The average molecular weight is 411 g/mol. The van der Waals surface area contributed by atoms with Crippen LogP contribution in [0.2, 0.25) is 5.02 Å². The Bertz CT molecular complexity index is 702. The molecule has 0 aliphatic heterocycles. The van der Waals surface area contributed by atoms with Crippen molar-refractivity contribution in [3.8, 4) is 0 Å². The van der Waals surface area contributed by atoms with Crippen molar-refractivity contribution in [1.82, 2.24) is 5.32 Å². The summed E-state index contributed by atoms with van der Waals surface area (Å²) >= 11 is 9.50. The van der Waals surface area contributed by atoms with Crippen molar-refractivity contribution in [2.24, 2.45) is 0 Å². The minimum Gasteiger partial charge on any atom is -0.348 e. The van der Waals surface area contributed by atoms with Crippen molar-refractivity contribution < 1.29 is 9.69 Å². The summed E-state index contributed by atoms with van der Waals surface area (Å²) < 4.78 is 0.836. The summed E-state index contributed by atoms with van der Waals surface area (Å²) in [7, 11) is 0. The van der Waals surface area contributed by atoms with E-state index in [0.29, 0.717) is 17.1 Å². The van der Waals surface area contributed by atoms with Crippen molar-refractivity contribution >= 4 is 33.4 Å². The zero-order chi connectivity index (χ0) is 17.5. The van der Waals surface area contributed by atoms with E-state index in [2.05, 4.69) is 53.3 Å². The van der Waals surface area contributed by atoms with Gasteiger partial charge in [-0.2, -0.15) is 0 Å². The molecular formula is C19H23BrClN2O+. The first-order chi connectivity index (χ1) is 11.5. The number of halogens is 2. The van der Waals surface area contributed by atoms with E-state index in [0.717, 1.165) is 29.7 Å². The van der Waals surface area contributed by atoms with Gasteiger partial charge in [-0.25, -0.2) is 0 Å². The second-order valence-corrected chi connectivity index (χ2v) is 7.03. The number of rotatable bonds is 7. The van der Waals surface area contributed by atoms with Gasteiger partial charge in [-0.05, 0) is 37.6 Å². The molecule has 0 fully saturated rings. The molecule has 0 aliphatic rings. The van der Waals surface area contributed by atoms with Crippen molar-refractivity contribution in [3.63, 3.8) is 0 Å². The minimum absolute atomic E-state index is 0.161. The van der Waals surface area contributed by atoms with Crippen molar-refractivity contribution in [3.05, 3.63) is 68.7 Å². The quantitative estimate of drug-likeness (QED) is 0.720. The van der Waals surface area contributed by atoms with Gasteiger partial charge in [0.05, 0.1) is 23.7 Å². The van der Waals surface area contributed by atoms with Gasteiger partial charge in [0.25, 0.3) is 5.91 Å². The molecule has 0 atom stereocenters. The van der Waals surface area contributed by atoms with Crippen molar-refractivity contribution in [1.29, 1.82) is 0 Å². The van der Waals surface area contributed by atoms with Gasteiger partial charge in [-0.15, -0.1) is 0 Å². The number of nitrogens with one attached hydrogen (secondary N) is 2. The molecule has 0 saturated carbocycles. The third-order valence-corrected chi connectivity index (χ3v) is 4.99. The summed E-state index contributed by atoms with van der Waals surface area (Å²) in [6.07, 6.45) is 0. The molecule has 1 amide bonds. The number of hydrogen-bond donors (Lipinski definition) is 2. The van der Waals surface area contributed by atoms with Crippen LogP contribution in [0.1, 0.15) is 35.3 Å². The molecule has 0 unspecified atom stereocenters. The van der Waals surface area contributed by atoms with Crippen LogP contribution < -0.4 is 10.2 Å². The number of amides is 1. The molecule has 2 aromatic carbocycles. The van der Waals surface area contributed by atoms with Gasteiger partial charge >= 0.3 is 0 Å². The largest absolute Gasteiger partial charge is 0.348 e. The Morgan fingerprint density at radius 1 is 1.12 bits per heavy atom. The van der Waals surface area contributed by atoms with Crippen LogP contribution in [0.5, 0.6) is 0 Å². The minimum atomic E-state index is -0.161. The van der Waals surface area contributed by atoms with Crippen LogP contribution in [-0.4, -0.2) is 19.0 Å². The van der Waals surface area contributed by atoms with Crippen LogP contribution in [0, 0.1) is 0 Å². The molecule has 2 aromatic rings. The SMILES string of the molecule is CC[NH+](CC)Cc1ccccc1CNC(=O)c1cc(Br)ccc1Cl. The van der Waals surface area contributed by atoms with E-state index in [1.807, 2.05) is 12.1 Å². The first kappa shape index (κ1) is 19.0. The topological polar surface area (TPSA) is 33.5 Å². The molecule has 2 rings (SSSR count). The fourth-order valence-corrected chi connectivity index (χ4v) is 3.18. The Labute approximate surface area is 157 Å². The number of carbonyl (C=O) groups excluding carboxylic acids is 1. The summed E-state index contributed by atoms with van der Waals surface area (Å²) in [6, 6.07) is 13.5. The molecule has 128 valence electrons. The molecule has 0 aromatic heterocycles. The lowest BCUT2D eigenvalue weighted by atomic mass is 10.1. The fourth-order valence-electron chi connectivity index (χ4n) is 2.61. The monoisotopic (exact) mass is 409 g/mol. The highest BCUT2D eigenvalue weighted by Gasteiger charge is 2.13. The second kappa shape index (κ2) is 9.21. The van der Waals surface area contributed by atoms with Gasteiger partial charge in [0.1, 0.15) is 6.54 Å². The molecule has 0 aliphatic carbocycles. The number of hydrogen-bond acceptors (Lipinski definition) is 1. The van der Waals surface area contributed by atoms with Gasteiger partial charge < -0.3 is 10.2 Å². The first-order valence-electron chi connectivity index (χ1n) is 8.18. The summed E-state index contributed by atoms with van der Waals surface area (Å²) in [5, 5.41) is 3.43. The van der Waals surface area contributed by atoms with Gasteiger partial charge in [0.2, 0.25) is 0 Å². The summed E-state index contributed by atoms with van der Waals surface area (Å²) in [5.41, 5.74) is 2.91. The molecule has 3 nitrogen and oxygen atoms in total. The van der Waals surface area contributed by atoms with E-state index in [4.69, 9.17) is 11.6 Å². The van der Waals surface area contributed by atoms with Gasteiger partial charge in [0.15, 0.2) is 0 Å². The van der Waals surface area contributed by atoms with Gasteiger partial charge in [-0.1, -0.05) is 51.8 Å². The standard InChI is InChI=1S/C19H22BrClN2O/c1-3-23(4-2)13-15-8-6-5-7-14(15)12-22-19(24)17-11-16(20)9-10-18(17)21/h5-11H,3-4,12-13H2,1-2H3,(H,22,24)/p+1. The van der Waals surface area contributed by atoms with Crippen LogP contribution in [0.15, 0.2) is 46.9 Å². The van der Waals surface area contributed by atoms with Crippen molar-refractivity contribution in [2.45, 2.75) is 26.9 Å². The maximum Gasteiger partial charge on any atom is 0.253 e. The average Bonchev–Trinajstić information content (AvgIpc) is 2.60. The zero-order valence-electron chi connectivity index (χ0n) is 14.0. The highest BCUT2D eigenvalue weighted by molar-refractivity contribution is 9.10. The number of carbonyl (C=O) groups is 1. The van der Waals surface area contributed by atoms with Crippen LogP contribution in [0.4, 0.5) is 0 Å². The molecule has 0 spiro atoms. The fraction of sp³-hybridized carbons (Fsp3) is 0.316. The zero-order valence-corrected chi connectivity index (χ0v) is 16.4. The summed E-state index contributed by atoms with van der Waals surface area (Å²) in [6.45, 7) is 8.03. The van der Waals surface area contributed by atoms with Gasteiger partial charge in [0, 0.05) is 16.6 Å². The van der Waals surface area contributed by atoms with E-state index in [9.17, 15) is 4.79 Å². The Hall–Kier alpha value is -1.36. The Morgan fingerprint density at radius 3 is 2.46 bits per heavy atom. The Morgan fingerprint density at radius 2 is 1.79 bits per heavy atom. The lowest BCUT2D eigenvalue weighted by Crippen LogP contribution is -3.10. The maximum atomic E-state index is 12.4. The Kier molecular flexibility index (Phi) is 7.28. The van der Waals surface area contributed by atoms with Crippen LogP contribution in [0.3, 0.4) is 0 Å². The third-order valence-electron chi connectivity index (χ3n) is 4.17. The first-order valence-corrected chi connectivity index (χ1v) is 9.35. The van der Waals surface area contributed by atoms with E-state index in [1.54, 1.807) is 12.1 Å². The highest BCUT2D eigenvalue weighted by atomic mass is 79.9. The maximum absolute atomic E-state index is 12.4. The molecule has 0 bridgehead atoms. The van der Waals surface area contributed by atoms with E-state index in [-0.39, 0.29) is 5.91 Å². The molecule has 0 heterocycles. The molecule has 5 heteroatoms. The Balaban J connectivity index is 2.09. The van der Waals surface area contributed by atoms with Gasteiger partial charge in [-0.3, -0.25) is 4.79 Å². The normalized spacial score (nSPS) is 10.9.